The van der Waals surface area contributed by atoms with Crippen LogP contribution in [-0.4, -0.2) is 35.7 Å². The third-order valence-electron chi connectivity index (χ3n) is 1.88. The van der Waals surface area contributed by atoms with Crippen molar-refractivity contribution in [1.82, 2.24) is 15.8 Å². The van der Waals surface area contributed by atoms with Crippen molar-refractivity contribution in [2.75, 3.05) is 13.6 Å². The summed E-state index contributed by atoms with van der Waals surface area (Å²) in [5.41, 5.74) is -0.122. The van der Waals surface area contributed by atoms with Gasteiger partial charge < -0.3 is 20.3 Å². The zero-order valence-corrected chi connectivity index (χ0v) is 8.82. The average Bonchev–Trinajstić information content (AvgIpc) is 2.72. The van der Waals surface area contributed by atoms with E-state index in [4.69, 9.17) is 9.63 Å². The topological polar surface area (TPSA) is 104 Å². The van der Waals surface area contributed by atoms with E-state index in [-0.39, 0.29) is 11.6 Å². The fourth-order valence-corrected chi connectivity index (χ4v) is 1.04. The number of carbonyl (C=O) groups excluding carboxylic acids is 1. The van der Waals surface area contributed by atoms with Crippen LogP contribution in [0, 0.1) is 0 Å². The maximum atomic E-state index is 10.9. The molecule has 0 aliphatic carbocycles. The number of hydrogen-bond donors (Lipinski definition) is 3. The lowest BCUT2D eigenvalue weighted by Gasteiger charge is -2.00. The second-order valence-corrected chi connectivity index (χ2v) is 3.08. The summed E-state index contributed by atoms with van der Waals surface area (Å²) in [6.45, 7) is 0.833. The molecule has 3 N–H and O–H groups in total. The number of amides is 1. The normalized spacial score (nSPS) is 10.1. The van der Waals surface area contributed by atoms with Crippen molar-refractivity contribution in [2.45, 2.75) is 13.0 Å². The van der Waals surface area contributed by atoms with Gasteiger partial charge in [-0.3, -0.25) is 4.79 Å². The Balaban J connectivity index is 2.27. The molecule has 0 fully saturated rings. The summed E-state index contributed by atoms with van der Waals surface area (Å²) in [6, 6.07) is 1.34. The van der Waals surface area contributed by atoms with Crippen LogP contribution in [0.2, 0.25) is 0 Å². The molecule has 0 saturated heterocycles. The molecule has 0 atom stereocenters. The zero-order valence-electron chi connectivity index (χ0n) is 8.82. The molecule has 88 valence electrons. The highest BCUT2D eigenvalue weighted by Crippen LogP contribution is 2.02. The highest BCUT2D eigenvalue weighted by Gasteiger charge is 2.09. The lowest BCUT2D eigenvalue weighted by atomic mass is 10.3. The van der Waals surface area contributed by atoms with Gasteiger partial charge in [-0.05, 0) is 0 Å². The summed E-state index contributed by atoms with van der Waals surface area (Å²) in [6.07, 6.45) is 0.358. The summed E-state index contributed by atoms with van der Waals surface area (Å²) < 4.78 is 4.77. The van der Waals surface area contributed by atoms with E-state index in [1.54, 1.807) is 7.05 Å². The monoisotopic (exact) mass is 227 g/mol. The van der Waals surface area contributed by atoms with Gasteiger partial charge in [0.05, 0.1) is 6.54 Å². The molecule has 0 aliphatic rings. The average molecular weight is 227 g/mol. The van der Waals surface area contributed by atoms with Crippen molar-refractivity contribution in [3.8, 4) is 0 Å². The number of rotatable bonds is 6. The van der Waals surface area contributed by atoms with Crippen LogP contribution in [0.15, 0.2) is 10.6 Å². The highest BCUT2D eigenvalue weighted by atomic mass is 16.5. The quantitative estimate of drug-likeness (QED) is 0.571. The minimum Gasteiger partial charge on any atom is -0.476 e. The Morgan fingerprint density at radius 3 is 2.88 bits per heavy atom. The number of aromatic carboxylic acids is 1. The van der Waals surface area contributed by atoms with E-state index < -0.39 is 5.97 Å². The van der Waals surface area contributed by atoms with Gasteiger partial charge in [-0.25, -0.2) is 4.79 Å². The van der Waals surface area contributed by atoms with E-state index in [0.29, 0.717) is 25.3 Å². The van der Waals surface area contributed by atoms with Crippen molar-refractivity contribution >= 4 is 11.9 Å². The van der Waals surface area contributed by atoms with E-state index in [2.05, 4.69) is 15.8 Å². The number of carboxylic acid groups (broad SMARTS) is 1. The van der Waals surface area contributed by atoms with Crippen molar-refractivity contribution in [2.24, 2.45) is 0 Å². The van der Waals surface area contributed by atoms with Crippen molar-refractivity contribution in [3.05, 3.63) is 17.5 Å². The Morgan fingerprint density at radius 1 is 1.56 bits per heavy atom. The first-order valence-electron chi connectivity index (χ1n) is 4.73. The summed E-state index contributed by atoms with van der Waals surface area (Å²) in [5.74, 6) is -0.758. The van der Waals surface area contributed by atoms with E-state index in [1.165, 1.54) is 6.07 Å². The van der Waals surface area contributed by atoms with E-state index in [1.807, 2.05) is 0 Å². The van der Waals surface area contributed by atoms with Crippen LogP contribution in [0.1, 0.15) is 22.7 Å². The van der Waals surface area contributed by atoms with E-state index >= 15 is 0 Å². The number of nitrogens with one attached hydrogen (secondary N) is 2. The third kappa shape index (κ3) is 3.70. The van der Waals surface area contributed by atoms with Crippen LogP contribution in [0.25, 0.3) is 0 Å². The van der Waals surface area contributed by atoms with Gasteiger partial charge in [-0.15, -0.1) is 0 Å². The number of carboxylic acids is 1. The zero-order chi connectivity index (χ0) is 12.0. The van der Waals surface area contributed by atoms with Gasteiger partial charge >= 0.3 is 5.97 Å². The molecule has 1 amide bonds. The van der Waals surface area contributed by atoms with Gasteiger partial charge in [0.15, 0.2) is 11.5 Å². The molecule has 0 aromatic carbocycles. The molecule has 0 saturated carbocycles. The molecule has 7 nitrogen and oxygen atoms in total. The number of hydrogen-bond acceptors (Lipinski definition) is 5. The fraction of sp³-hybridized carbons (Fsp3) is 0.444. The Kier molecular flexibility index (Phi) is 4.46. The molecule has 0 unspecified atom stereocenters. The van der Waals surface area contributed by atoms with Crippen LogP contribution in [0.5, 0.6) is 0 Å². The molecule has 0 spiro atoms. The van der Waals surface area contributed by atoms with Gasteiger partial charge in [-0.2, -0.15) is 0 Å². The molecule has 1 rings (SSSR count). The Hall–Kier alpha value is -1.89. The number of nitrogens with zero attached hydrogens (tertiary/aromatic N) is 1. The van der Waals surface area contributed by atoms with Gasteiger partial charge in [0.2, 0.25) is 5.91 Å². The highest BCUT2D eigenvalue weighted by molar-refractivity contribution is 5.85. The predicted octanol–water partition coefficient (Wildman–Crippen LogP) is -0.402. The van der Waals surface area contributed by atoms with Crippen molar-refractivity contribution in [3.63, 3.8) is 0 Å². The fourth-order valence-electron chi connectivity index (χ4n) is 1.04. The first-order chi connectivity index (χ1) is 7.63. The molecule has 0 aliphatic heterocycles. The first kappa shape index (κ1) is 12.2. The summed E-state index contributed by atoms with van der Waals surface area (Å²) in [4.78, 5) is 21.3. The smallest absolute Gasteiger partial charge is 0.358 e. The SMILES string of the molecule is CNC(=O)CCNCc1cc(C(=O)O)no1. The maximum Gasteiger partial charge on any atom is 0.358 e. The van der Waals surface area contributed by atoms with E-state index in [9.17, 15) is 9.59 Å². The Bertz CT molecular complexity index is 375. The molecule has 1 heterocycles. The van der Waals surface area contributed by atoms with Gasteiger partial charge in [-0.1, -0.05) is 5.16 Å². The first-order valence-corrected chi connectivity index (χ1v) is 4.73. The Labute approximate surface area is 91.8 Å². The largest absolute Gasteiger partial charge is 0.476 e. The predicted molar refractivity (Wildman–Crippen MR) is 53.9 cm³/mol. The molecule has 7 heteroatoms. The minimum absolute atomic E-state index is 0.0590. The molecule has 1 aromatic rings. The molecule has 16 heavy (non-hydrogen) atoms. The maximum absolute atomic E-state index is 10.9. The summed E-state index contributed by atoms with van der Waals surface area (Å²) >= 11 is 0. The Morgan fingerprint density at radius 2 is 2.31 bits per heavy atom. The van der Waals surface area contributed by atoms with Crippen LogP contribution in [-0.2, 0) is 11.3 Å². The number of carbonyl (C=O) groups is 2. The molecular formula is C9H13N3O4. The van der Waals surface area contributed by atoms with Crippen LogP contribution >= 0.6 is 0 Å². The van der Waals surface area contributed by atoms with Gasteiger partial charge in [0.1, 0.15) is 0 Å². The standard InChI is InChI=1S/C9H13N3O4/c1-10-8(13)2-3-11-5-6-4-7(9(14)15)12-16-6/h4,11H,2-3,5H2,1H3,(H,10,13)(H,14,15). The van der Waals surface area contributed by atoms with Crippen LogP contribution in [0.4, 0.5) is 0 Å². The van der Waals surface area contributed by atoms with Crippen LogP contribution < -0.4 is 10.6 Å². The molecular weight excluding hydrogens is 214 g/mol. The lowest BCUT2D eigenvalue weighted by molar-refractivity contribution is -0.120. The second-order valence-electron chi connectivity index (χ2n) is 3.08. The summed E-state index contributed by atoms with van der Waals surface area (Å²) in [5, 5.41) is 17.4. The molecule has 0 bridgehead atoms. The van der Waals surface area contributed by atoms with Gasteiger partial charge in [0.25, 0.3) is 0 Å². The second kappa shape index (κ2) is 5.86. The summed E-state index contributed by atoms with van der Waals surface area (Å²) in [7, 11) is 1.57. The molecule has 1 aromatic heterocycles. The third-order valence-corrected chi connectivity index (χ3v) is 1.88. The lowest BCUT2D eigenvalue weighted by Crippen LogP contribution is -2.24. The number of aromatic nitrogens is 1. The van der Waals surface area contributed by atoms with Crippen molar-refractivity contribution < 1.29 is 19.2 Å². The molecule has 0 radical (unpaired) electrons. The van der Waals surface area contributed by atoms with Crippen molar-refractivity contribution in [1.29, 1.82) is 0 Å². The minimum atomic E-state index is -1.12. The van der Waals surface area contributed by atoms with E-state index in [0.717, 1.165) is 0 Å². The van der Waals surface area contributed by atoms with Gasteiger partial charge in [0, 0.05) is 26.1 Å². The van der Waals surface area contributed by atoms with Crippen LogP contribution in [0.3, 0.4) is 0 Å².